The van der Waals surface area contributed by atoms with Gasteiger partial charge in [-0.3, -0.25) is 25.8 Å². The highest BCUT2D eigenvalue weighted by Crippen LogP contribution is 2.32. The molecule has 3 aromatic rings. The van der Waals surface area contributed by atoms with Crippen molar-refractivity contribution in [1.29, 1.82) is 0 Å². The van der Waals surface area contributed by atoms with E-state index in [2.05, 4.69) is 32.1 Å². The third-order valence-corrected chi connectivity index (χ3v) is 4.70. The van der Waals surface area contributed by atoms with Crippen LogP contribution in [-0.2, 0) is 9.59 Å². The summed E-state index contributed by atoms with van der Waals surface area (Å²) in [6.07, 6.45) is 4.25. The highest BCUT2D eigenvalue weighted by atomic mass is 79.9. The number of thiocarbonyl (C=S) groups is 1. The van der Waals surface area contributed by atoms with E-state index in [9.17, 15) is 9.59 Å². The molecule has 0 atom stereocenters. The fraction of sp³-hybridized carbons (Fsp3) is 0.0500. The van der Waals surface area contributed by atoms with Crippen molar-refractivity contribution >= 4 is 61.9 Å². The Balaban J connectivity index is 1.43. The second-order valence-electron chi connectivity index (χ2n) is 5.73. The molecular weight excluding hydrogens is 458 g/mol. The first-order chi connectivity index (χ1) is 14.0. The molecule has 0 aliphatic heterocycles. The summed E-state index contributed by atoms with van der Waals surface area (Å²) >= 11 is 8.45. The third-order valence-electron chi connectivity index (χ3n) is 3.68. The molecule has 2 aromatic carbocycles. The summed E-state index contributed by atoms with van der Waals surface area (Å²) in [4.78, 5) is 23.7. The molecule has 0 aliphatic carbocycles. The van der Waals surface area contributed by atoms with Gasteiger partial charge in [0.1, 0.15) is 11.5 Å². The van der Waals surface area contributed by atoms with Gasteiger partial charge >= 0.3 is 0 Å². The monoisotopic (exact) mass is 473 g/mol. The summed E-state index contributed by atoms with van der Waals surface area (Å²) in [5.74, 6) is 0.138. The fourth-order valence-electron chi connectivity index (χ4n) is 2.36. The van der Waals surface area contributed by atoms with E-state index in [1.54, 1.807) is 18.2 Å². The van der Waals surface area contributed by atoms with Crippen LogP contribution in [0.15, 0.2) is 69.8 Å². The van der Waals surface area contributed by atoms with Crippen LogP contribution >= 0.6 is 28.1 Å². The number of halogens is 1. The summed E-state index contributed by atoms with van der Waals surface area (Å²) in [6.45, 7) is -0.237. The minimum absolute atomic E-state index is 0.0562. The molecule has 9 heteroatoms. The van der Waals surface area contributed by atoms with Crippen LogP contribution in [0.4, 0.5) is 0 Å². The molecule has 0 fully saturated rings. The minimum Gasteiger partial charge on any atom is -0.483 e. The Morgan fingerprint density at radius 2 is 1.93 bits per heavy atom. The van der Waals surface area contributed by atoms with Crippen LogP contribution in [0.3, 0.4) is 0 Å². The topological polar surface area (TPSA) is 92.6 Å². The van der Waals surface area contributed by atoms with Gasteiger partial charge in [-0.05, 0) is 63.2 Å². The van der Waals surface area contributed by atoms with Crippen molar-refractivity contribution in [1.82, 2.24) is 16.2 Å². The largest absolute Gasteiger partial charge is 0.483 e. The molecule has 0 saturated heterocycles. The summed E-state index contributed by atoms with van der Waals surface area (Å²) in [5.41, 5.74) is 4.79. The molecule has 0 spiro atoms. The lowest BCUT2D eigenvalue weighted by Crippen LogP contribution is -2.49. The average molecular weight is 474 g/mol. The van der Waals surface area contributed by atoms with Crippen molar-refractivity contribution in [3.63, 3.8) is 0 Å². The van der Waals surface area contributed by atoms with E-state index < -0.39 is 11.8 Å². The first-order valence-corrected chi connectivity index (χ1v) is 9.64. The van der Waals surface area contributed by atoms with Gasteiger partial charge in [-0.25, -0.2) is 0 Å². The van der Waals surface area contributed by atoms with E-state index in [0.717, 1.165) is 15.2 Å². The van der Waals surface area contributed by atoms with Gasteiger partial charge < -0.3 is 9.15 Å². The quantitative estimate of drug-likeness (QED) is 0.299. The summed E-state index contributed by atoms with van der Waals surface area (Å²) in [5, 5.41) is 4.37. The zero-order chi connectivity index (χ0) is 20.6. The van der Waals surface area contributed by atoms with Gasteiger partial charge in [0.15, 0.2) is 11.7 Å². The van der Waals surface area contributed by atoms with Crippen molar-refractivity contribution < 1.29 is 18.7 Å². The molecule has 0 bridgehead atoms. The van der Waals surface area contributed by atoms with E-state index in [1.807, 2.05) is 30.3 Å². The number of nitrogens with one attached hydrogen (secondary N) is 3. The highest BCUT2D eigenvalue weighted by molar-refractivity contribution is 9.10. The van der Waals surface area contributed by atoms with Crippen LogP contribution in [0.2, 0.25) is 0 Å². The average Bonchev–Trinajstić information content (AvgIpc) is 3.24. The first-order valence-electron chi connectivity index (χ1n) is 8.44. The Morgan fingerprint density at radius 3 is 2.72 bits per heavy atom. The lowest BCUT2D eigenvalue weighted by Gasteiger charge is -2.12. The van der Waals surface area contributed by atoms with Crippen LogP contribution in [-0.4, -0.2) is 23.5 Å². The number of carbonyl (C=O) groups is 2. The maximum atomic E-state index is 11.9. The zero-order valence-corrected chi connectivity index (χ0v) is 17.4. The first kappa shape index (κ1) is 20.6. The van der Waals surface area contributed by atoms with Crippen molar-refractivity contribution in [3.05, 3.63) is 71.1 Å². The molecule has 3 rings (SSSR count). The van der Waals surface area contributed by atoms with E-state index in [1.165, 1.54) is 18.4 Å². The number of hydrogen-bond acceptors (Lipinski definition) is 5. The molecule has 0 unspecified atom stereocenters. The van der Waals surface area contributed by atoms with Gasteiger partial charge in [0.2, 0.25) is 5.91 Å². The molecule has 148 valence electrons. The van der Waals surface area contributed by atoms with Crippen LogP contribution in [0, 0.1) is 0 Å². The Bertz CT molecular complexity index is 1070. The molecule has 2 amide bonds. The molecule has 0 saturated carbocycles. The van der Waals surface area contributed by atoms with Crippen LogP contribution in [0.5, 0.6) is 5.75 Å². The molecule has 1 aromatic heterocycles. The third kappa shape index (κ3) is 5.90. The number of rotatable bonds is 5. The Labute approximate surface area is 180 Å². The number of furan rings is 1. The van der Waals surface area contributed by atoms with Crippen molar-refractivity contribution in [2.75, 3.05) is 6.61 Å². The number of amides is 2. The number of benzene rings is 2. The zero-order valence-electron chi connectivity index (χ0n) is 15.0. The second kappa shape index (κ2) is 9.85. The fourth-order valence-corrected chi connectivity index (χ4v) is 3.12. The molecule has 3 N–H and O–H groups in total. The number of carbonyl (C=O) groups excluding carboxylic acids is 2. The van der Waals surface area contributed by atoms with Gasteiger partial charge in [-0.15, -0.1) is 0 Å². The van der Waals surface area contributed by atoms with Gasteiger partial charge in [-0.2, -0.15) is 0 Å². The van der Waals surface area contributed by atoms with Crippen molar-refractivity contribution in [2.24, 2.45) is 0 Å². The lowest BCUT2D eigenvalue weighted by molar-refractivity contribution is -0.123. The summed E-state index contributed by atoms with van der Waals surface area (Å²) in [6, 6.07) is 14.9. The Kier molecular flexibility index (Phi) is 6.99. The van der Waals surface area contributed by atoms with E-state index in [0.29, 0.717) is 11.5 Å². The second-order valence-corrected chi connectivity index (χ2v) is 6.93. The SMILES string of the molecule is O=C(/C=C/c1ccco1)NC(=S)NNC(=O)COc1ccc2ccccc2c1Br. The molecule has 0 radical (unpaired) electrons. The van der Waals surface area contributed by atoms with Gasteiger partial charge in [0, 0.05) is 6.08 Å². The van der Waals surface area contributed by atoms with Gasteiger partial charge in [0.25, 0.3) is 5.91 Å². The van der Waals surface area contributed by atoms with Crippen molar-refractivity contribution in [2.45, 2.75) is 0 Å². The molecular formula is C20H16BrN3O4S. The van der Waals surface area contributed by atoms with Crippen LogP contribution in [0.25, 0.3) is 16.8 Å². The summed E-state index contributed by atoms with van der Waals surface area (Å²) in [7, 11) is 0. The van der Waals surface area contributed by atoms with E-state index in [4.69, 9.17) is 21.4 Å². The normalized spacial score (nSPS) is 10.7. The summed E-state index contributed by atoms with van der Waals surface area (Å²) < 4.78 is 11.4. The Morgan fingerprint density at radius 1 is 1.10 bits per heavy atom. The van der Waals surface area contributed by atoms with Gasteiger partial charge in [-0.1, -0.05) is 30.3 Å². The van der Waals surface area contributed by atoms with Gasteiger partial charge in [0.05, 0.1) is 10.7 Å². The predicted molar refractivity (Wildman–Crippen MR) is 117 cm³/mol. The standard InChI is InChI=1S/C20H16BrN3O4S/c21-19-15-6-2-1-4-13(15)7-9-16(19)28-12-18(26)23-24-20(29)22-17(25)10-8-14-5-3-11-27-14/h1-11H,12H2,(H,23,26)(H2,22,24,25,29)/b10-8+. The number of hydrazine groups is 1. The molecule has 1 heterocycles. The number of hydrogen-bond donors (Lipinski definition) is 3. The van der Waals surface area contributed by atoms with E-state index >= 15 is 0 Å². The van der Waals surface area contributed by atoms with Crippen LogP contribution < -0.4 is 20.9 Å². The smallest absolute Gasteiger partial charge is 0.276 e. The molecule has 0 aliphatic rings. The maximum Gasteiger partial charge on any atom is 0.276 e. The minimum atomic E-state index is -0.468. The Hall–Kier alpha value is -3.17. The van der Waals surface area contributed by atoms with Crippen LogP contribution in [0.1, 0.15) is 5.76 Å². The molecule has 29 heavy (non-hydrogen) atoms. The predicted octanol–water partition coefficient (Wildman–Crippen LogP) is 3.31. The highest BCUT2D eigenvalue weighted by Gasteiger charge is 2.09. The number of fused-ring (bicyclic) bond motifs is 1. The van der Waals surface area contributed by atoms with Crippen molar-refractivity contribution in [3.8, 4) is 5.75 Å². The van der Waals surface area contributed by atoms with E-state index in [-0.39, 0.29) is 11.7 Å². The molecule has 7 nitrogen and oxygen atoms in total. The maximum absolute atomic E-state index is 11.9. The number of ether oxygens (including phenoxy) is 1. The lowest BCUT2D eigenvalue weighted by atomic mass is 10.1.